The molecule has 0 amide bonds. The van der Waals surface area contributed by atoms with E-state index in [0.29, 0.717) is 0 Å². The van der Waals surface area contributed by atoms with Gasteiger partial charge in [0.25, 0.3) is 0 Å². The molecule has 35 heavy (non-hydrogen) atoms. The van der Waals surface area contributed by atoms with Crippen molar-refractivity contribution in [3.8, 4) is 23.0 Å². The summed E-state index contributed by atoms with van der Waals surface area (Å²) in [6.07, 6.45) is 14.0. The molecule has 0 aliphatic rings. The zero-order chi connectivity index (χ0) is 25.6. The molecule has 0 aromatic heterocycles. The van der Waals surface area contributed by atoms with Gasteiger partial charge in [-0.25, -0.2) is 0 Å². The SMILES string of the molecule is CCCCCCCCCCSC(CC=C(C)C)c1cc(OC)c2c(OC)ccc(OC)c2c1OC. The first-order valence-corrected chi connectivity index (χ1v) is 14.1. The molecule has 0 bridgehead atoms. The summed E-state index contributed by atoms with van der Waals surface area (Å²) in [6, 6.07) is 5.99. The summed E-state index contributed by atoms with van der Waals surface area (Å²) >= 11 is 2.02. The van der Waals surface area contributed by atoms with Gasteiger partial charge in [0.05, 0.1) is 39.2 Å². The first-order chi connectivity index (χ1) is 17.0. The molecule has 0 fully saturated rings. The van der Waals surface area contributed by atoms with Crippen LogP contribution in [0.1, 0.15) is 89.4 Å². The number of rotatable bonds is 17. The van der Waals surface area contributed by atoms with E-state index in [1.165, 1.54) is 56.9 Å². The average molecular weight is 503 g/mol. The normalized spacial score (nSPS) is 11.9. The number of allylic oxidation sites excluding steroid dienone is 2. The van der Waals surface area contributed by atoms with E-state index in [0.717, 1.165) is 51.5 Å². The third kappa shape index (κ3) is 8.27. The second-order valence-corrected chi connectivity index (χ2v) is 10.6. The maximum absolute atomic E-state index is 6.05. The monoisotopic (exact) mass is 502 g/mol. The molecule has 0 saturated heterocycles. The molecule has 0 N–H and O–H groups in total. The lowest BCUT2D eigenvalue weighted by molar-refractivity contribution is 0.389. The summed E-state index contributed by atoms with van der Waals surface area (Å²) in [5, 5.41) is 2.04. The molecule has 2 aromatic rings. The Morgan fingerprint density at radius 3 is 1.89 bits per heavy atom. The first kappa shape index (κ1) is 29.2. The van der Waals surface area contributed by atoms with Crippen LogP contribution in [-0.2, 0) is 0 Å². The molecular formula is C30H46O4S. The summed E-state index contributed by atoms with van der Waals surface area (Å²) in [4.78, 5) is 0. The fourth-order valence-corrected chi connectivity index (χ4v) is 5.75. The average Bonchev–Trinajstić information content (AvgIpc) is 2.87. The smallest absolute Gasteiger partial charge is 0.135 e. The Hall–Kier alpha value is -2.01. The van der Waals surface area contributed by atoms with Crippen molar-refractivity contribution in [3.63, 3.8) is 0 Å². The summed E-state index contributed by atoms with van der Waals surface area (Å²) in [7, 11) is 6.82. The minimum atomic E-state index is 0.263. The van der Waals surface area contributed by atoms with Gasteiger partial charge in [0.15, 0.2) is 0 Å². The molecule has 0 spiro atoms. The summed E-state index contributed by atoms with van der Waals surface area (Å²) < 4.78 is 23.4. The van der Waals surface area contributed by atoms with Gasteiger partial charge < -0.3 is 18.9 Å². The highest BCUT2D eigenvalue weighted by molar-refractivity contribution is 7.99. The molecule has 0 aliphatic heterocycles. The van der Waals surface area contributed by atoms with E-state index in [2.05, 4.69) is 32.9 Å². The number of hydrogen-bond donors (Lipinski definition) is 0. The van der Waals surface area contributed by atoms with Gasteiger partial charge in [0.1, 0.15) is 23.0 Å². The first-order valence-electron chi connectivity index (χ1n) is 13.1. The van der Waals surface area contributed by atoms with Crippen molar-refractivity contribution >= 4 is 22.5 Å². The number of methoxy groups -OCH3 is 4. The Bertz CT molecular complexity index is 934. The molecule has 196 valence electrons. The van der Waals surface area contributed by atoms with Crippen LogP contribution in [-0.4, -0.2) is 34.2 Å². The molecule has 1 unspecified atom stereocenters. The quantitative estimate of drug-likeness (QED) is 0.159. The van der Waals surface area contributed by atoms with Gasteiger partial charge in [-0.05, 0) is 50.6 Å². The van der Waals surface area contributed by atoms with Crippen LogP contribution < -0.4 is 18.9 Å². The lowest BCUT2D eigenvalue weighted by Gasteiger charge is -2.23. The number of hydrogen-bond acceptors (Lipinski definition) is 5. The minimum Gasteiger partial charge on any atom is -0.496 e. The maximum atomic E-state index is 6.05. The van der Waals surface area contributed by atoms with Crippen molar-refractivity contribution in [3.05, 3.63) is 35.4 Å². The Kier molecular flexibility index (Phi) is 13.3. The van der Waals surface area contributed by atoms with Gasteiger partial charge in [-0.1, -0.05) is 63.5 Å². The molecule has 5 heteroatoms. The van der Waals surface area contributed by atoms with Crippen LogP contribution in [0.2, 0.25) is 0 Å². The Morgan fingerprint density at radius 1 is 0.771 bits per heavy atom. The molecule has 0 heterocycles. The van der Waals surface area contributed by atoms with Crippen LogP contribution in [0.5, 0.6) is 23.0 Å². The molecule has 0 aliphatic carbocycles. The highest BCUT2D eigenvalue weighted by atomic mass is 32.2. The third-order valence-corrected chi connectivity index (χ3v) is 7.79. The lowest BCUT2D eigenvalue weighted by Crippen LogP contribution is -2.03. The van der Waals surface area contributed by atoms with E-state index in [9.17, 15) is 0 Å². The molecule has 2 aromatic carbocycles. The van der Waals surface area contributed by atoms with Gasteiger partial charge in [-0.2, -0.15) is 11.8 Å². The van der Waals surface area contributed by atoms with Crippen molar-refractivity contribution in [1.29, 1.82) is 0 Å². The van der Waals surface area contributed by atoms with Crippen LogP contribution >= 0.6 is 11.8 Å². The molecule has 4 nitrogen and oxygen atoms in total. The standard InChI is InChI=1S/C30H46O4S/c1-8-9-10-11-12-13-14-15-20-35-27(19-16-22(2)3)23-21-26(33-6)28-24(31-4)17-18-25(32-5)29(28)30(23)34-7/h16-18,21,27H,8-15,19-20H2,1-7H3. The Balaban J connectivity index is 2.33. The van der Waals surface area contributed by atoms with Crippen LogP contribution in [0.4, 0.5) is 0 Å². The van der Waals surface area contributed by atoms with E-state index < -0.39 is 0 Å². The number of fused-ring (bicyclic) bond motifs is 1. The van der Waals surface area contributed by atoms with Crippen LogP contribution in [0.3, 0.4) is 0 Å². The van der Waals surface area contributed by atoms with E-state index >= 15 is 0 Å². The zero-order valence-corrected chi connectivity index (χ0v) is 23.8. The molecule has 0 saturated carbocycles. The second-order valence-electron chi connectivity index (χ2n) is 9.27. The predicted molar refractivity (Wildman–Crippen MR) is 152 cm³/mol. The topological polar surface area (TPSA) is 36.9 Å². The number of unbranched alkanes of at least 4 members (excludes halogenated alkanes) is 7. The molecule has 2 rings (SSSR count). The fraction of sp³-hybridized carbons (Fsp3) is 0.600. The minimum absolute atomic E-state index is 0.263. The van der Waals surface area contributed by atoms with E-state index in [4.69, 9.17) is 18.9 Å². The summed E-state index contributed by atoms with van der Waals surface area (Å²) in [6.45, 7) is 6.59. The van der Waals surface area contributed by atoms with E-state index in [1.54, 1.807) is 28.4 Å². The van der Waals surface area contributed by atoms with Crippen LogP contribution in [0, 0.1) is 0 Å². The molecular weight excluding hydrogens is 456 g/mol. The van der Waals surface area contributed by atoms with Gasteiger partial charge in [0, 0.05) is 10.8 Å². The van der Waals surface area contributed by atoms with Crippen molar-refractivity contribution in [2.45, 2.75) is 83.8 Å². The Labute approximate surface area is 217 Å². The van der Waals surface area contributed by atoms with E-state index in [1.807, 2.05) is 23.9 Å². The van der Waals surface area contributed by atoms with Crippen molar-refractivity contribution in [2.24, 2.45) is 0 Å². The summed E-state index contributed by atoms with van der Waals surface area (Å²) in [5.74, 6) is 4.25. The molecule has 1 atom stereocenters. The lowest BCUT2D eigenvalue weighted by atomic mass is 9.98. The van der Waals surface area contributed by atoms with E-state index in [-0.39, 0.29) is 5.25 Å². The van der Waals surface area contributed by atoms with Crippen LogP contribution in [0.25, 0.3) is 10.8 Å². The Morgan fingerprint density at radius 2 is 1.34 bits per heavy atom. The third-order valence-electron chi connectivity index (χ3n) is 6.42. The number of ether oxygens (including phenoxy) is 4. The fourth-order valence-electron chi connectivity index (χ4n) is 4.51. The highest BCUT2D eigenvalue weighted by Crippen LogP contribution is 2.50. The van der Waals surface area contributed by atoms with Gasteiger partial charge in [-0.15, -0.1) is 0 Å². The zero-order valence-electron chi connectivity index (χ0n) is 23.0. The van der Waals surface area contributed by atoms with Gasteiger partial charge in [-0.3, -0.25) is 0 Å². The van der Waals surface area contributed by atoms with Crippen molar-refractivity contribution in [1.82, 2.24) is 0 Å². The van der Waals surface area contributed by atoms with Gasteiger partial charge in [0.2, 0.25) is 0 Å². The number of thioether (sulfide) groups is 1. The predicted octanol–water partition coefficient (Wildman–Crippen LogP) is 9.15. The largest absolute Gasteiger partial charge is 0.496 e. The van der Waals surface area contributed by atoms with Crippen molar-refractivity contribution < 1.29 is 18.9 Å². The second kappa shape index (κ2) is 15.9. The number of benzene rings is 2. The van der Waals surface area contributed by atoms with Gasteiger partial charge >= 0.3 is 0 Å². The maximum Gasteiger partial charge on any atom is 0.135 e. The van der Waals surface area contributed by atoms with Crippen molar-refractivity contribution in [2.75, 3.05) is 34.2 Å². The summed E-state index contributed by atoms with van der Waals surface area (Å²) in [5.41, 5.74) is 2.47. The van der Waals surface area contributed by atoms with Crippen LogP contribution in [0.15, 0.2) is 29.8 Å². The molecule has 0 radical (unpaired) electrons. The highest BCUT2D eigenvalue weighted by Gasteiger charge is 2.25.